The maximum atomic E-state index is 12.3. The van der Waals surface area contributed by atoms with Crippen molar-refractivity contribution >= 4 is 16.0 Å². The molecule has 0 spiro atoms. The van der Waals surface area contributed by atoms with Crippen molar-refractivity contribution in [3.8, 4) is 0 Å². The van der Waals surface area contributed by atoms with Crippen molar-refractivity contribution in [3.05, 3.63) is 0 Å². The number of carbonyl (C=O) groups is 1. The van der Waals surface area contributed by atoms with E-state index < -0.39 is 10.0 Å². The zero-order valence-corrected chi connectivity index (χ0v) is 13.1. The SMILES string of the molecule is CCOC(=O)C1CCCN(S(=O)(=O)CC(C)(C)C)C1. The van der Waals surface area contributed by atoms with Gasteiger partial charge in [-0.2, -0.15) is 0 Å². The maximum absolute atomic E-state index is 12.3. The van der Waals surface area contributed by atoms with E-state index in [1.165, 1.54) is 4.31 Å². The van der Waals surface area contributed by atoms with Gasteiger partial charge in [-0.25, -0.2) is 12.7 Å². The molecule has 0 amide bonds. The summed E-state index contributed by atoms with van der Waals surface area (Å²) in [7, 11) is -3.30. The summed E-state index contributed by atoms with van der Waals surface area (Å²) in [6.07, 6.45) is 1.42. The fourth-order valence-corrected chi connectivity index (χ4v) is 4.38. The van der Waals surface area contributed by atoms with Crippen molar-refractivity contribution < 1.29 is 17.9 Å². The molecule has 6 heteroatoms. The molecule has 0 aliphatic carbocycles. The van der Waals surface area contributed by atoms with E-state index in [9.17, 15) is 13.2 Å². The van der Waals surface area contributed by atoms with Gasteiger partial charge in [0.15, 0.2) is 0 Å². The number of ether oxygens (including phenoxy) is 1. The monoisotopic (exact) mass is 291 g/mol. The first kappa shape index (κ1) is 16.4. The average Bonchev–Trinajstić information content (AvgIpc) is 2.26. The zero-order valence-electron chi connectivity index (χ0n) is 12.3. The predicted molar refractivity (Wildman–Crippen MR) is 74.2 cm³/mol. The Morgan fingerprint density at radius 2 is 2.00 bits per heavy atom. The molecular weight excluding hydrogens is 266 g/mol. The third-order valence-electron chi connectivity index (χ3n) is 3.01. The number of hydrogen-bond donors (Lipinski definition) is 0. The molecule has 1 heterocycles. The van der Waals surface area contributed by atoms with Crippen molar-refractivity contribution in [2.75, 3.05) is 25.4 Å². The number of esters is 1. The van der Waals surface area contributed by atoms with E-state index in [1.54, 1.807) is 6.92 Å². The standard InChI is InChI=1S/C13H25NO4S/c1-5-18-12(15)11-7-6-8-14(9-11)19(16,17)10-13(2,3)4/h11H,5-10H2,1-4H3. The molecule has 1 rings (SSSR count). The Hall–Kier alpha value is -0.620. The van der Waals surface area contributed by atoms with Crippen LogP contribution in [0.15, 0.2) is 0 Å². The molecule has 0 aromatic rings. The van der Waals surface area contributed by atoms with Gasteiger partial charge >= 0.3 is 5.97 Å². The highest BCUT2D eigenvalue weighted by Gasteiger charge is 2.34. The average molecular weight is 291 g/mol. The summed E-state index contributed by atoms with van der Waals surface area (Å²) in [5, 5.41) is 0. The summed E-state index contributed by atoms with van der Waals surface area (Å²) >= 11 is 0. The third kappa shape index (κ3) is 5.10. The summed E-state index contributed by atoms with van der Waals surface area (Å²) in [4.78, 5) is 11.7. The minimum Gasteiger partial charge on any atom is -0.466 e. The molecular formula is C13H25NO4S. The van der Waals surface area contributed by atoms with Gasteiger partial charge in [0.25, 0.3) is 0 Å². The molecule has 0 bridgehead atoms. The summed E-state index contributed by atoms with van der Waals surface area (Å²) in [6, 6.07) is 0. The molecule has 19 heavy (non-hydrogen) atoms. The van der Waals surface area contributed by atoms with E-state index >= 15 is 0 Å². The second-order valence-corrected chi connectivity index (χ2v) is 8.24. The highest BCUT2D eigenvalue weighted by Crippen LogP contribution is 2.24. The van der Waals surface area contributed by atoms with Gasteiger partial charge in [0.2, 0.25) is 10.0 Å². The molecule has 1 unspecified atom stereocenters. The van der Waals surface area contributed by atoms with E-state index in [1.807, 2.05) is 20.8 Å². The number of rotatable bonds is 4. The number of piperidine rings is 1. The van der Waals surface area contributed by atoms with Crippen molar-refractivity contribution in [2.24, 2.45) is 11.3 Å². The van der Waals surface area contributed by atoms with Crippen molar-refractivity contribution in [2.45, 2.75) is 40.5 Å². The molecule has 1 saturated heterocycles. The van der Waals surface area contributed by atoms with Crippen LogP contribution in [-0.4, -0.2) is 44.1 Å². The van der Waals surface area contributed by atoms with Gasteiger partial charge in [0, 0.05) is 13.1 Å². The Kier molecular flexibility index (Phi) is 5.38. The van der Waals surface area contributed by atoms with Gasteiger partial charge in [-0.1, -0.05) is 20.8 Å². The van der Waals surface area contributed by atoms with E-state index in [-0.39, 0.29) is 29.6 Å². The van der Waals surface area contributed by atoms with Gasteiger partial charge in [-0.3, -0.25) is 4.79 Å². The molecule has 1 aliphatic heterocycles. The molecule has 0 radical (unpaired) electrons. The number of sulfonamides is 1. The topological polar surface area (TPSA) is 63.7 Å². The van der Waals surface area contributed by atoms with Gasteiger partial charge in [-0.05, 0) is 25.2 Å². The van der Waals surface area contributed by atoms with Gasteiger partial charge in [0.1, 0.15) is 0 Å². The van der Waals surface area contributed by atoms with Crippen LogP contribution in [0, 0.1) is 11.3 Å². The number of carbonyl (C=O) groups excluding carboxylic acids is 1. The molecule has 0 N–H and O–H groups in total. The van der Waals surface area contributed by atoms with Crippen LogP contribution in [0.4, 0.5) is 0 Å². The normalized spacial score (nSPS) is 22.2. The van der Waals surface area contributed by atoms with Crippen molar-refractivity contribution in [1.82, 2.24) is 4.31 Å². The van der Waals surface area contributed by atoms with Crippen LogP contribution >= 0.6 is 0 Å². The van der Waals surface area contributed by atoms with E-state index in [2.05, 4.69) is 0 Å². The lowest BCUT2D eigenvalue weighted by Crippen LogP contribution is -2.45. The van der Waals surface area contributed by atoms with Crippen LogP contribution in [-0.2, 0) is 19.6 Å². The maximum Gasteiger partial charge on any atom is 0.310 e. The first-order valence-corrected chi connectivity index (χ1v) is 8.41. The number of hydrogen-bond acceptors (Lipinski definition) is 4. The van der Waals surface area contributed by atoms with E-state index in [0.717, 1.165) is 0 Å². The van der Waals surface area contributed by atoms with Gasteiger partial charge < -0.3 is 4.74 Å². The molecule has 0 aromatic heterocycles. The van der Waals surface area contributed by atoms with E-state index in [4.69, 9.17) is 4.74 Å². The second-order valence-electron chi connectivity index (χ2n) is 6.27. The Morgan fingerprint density at radius 1 is 1.37 bits per heavy atom. The lowest BCUT2D eigenvalue weighted by Gasteiger charge is -2.32. The second kappa shape index (κ2) is 6.22. The molecule has 112 valence electrons. The summed E-state index contributed by atoms with van der Waals surface area (Å²) in [5.74, 6) is -0.489. The molecule has 1 atom stereocenters. The first-order chi connectivity index (χ1) is 8.65. The third-order valence-corrected chi connectivity index (χ3v) is 5.36. The lowest BCUT2D eigenvalue weighted by atomic mass is 10.00. The lowest BCUT2D eigenvalue weighted by molar-refractivity contribution is -0.149. The van der Waals surface area contributed by atoms with Crippen molar-refractivity contribution in [3.63, 3.8) is 0 Å². The highest BCUT2D eigenvalue weighted by molar-refractivity contribution is 7.89. The van der Waals surface area contributed by atoms with Crippen LogP contribution in [0.2, 0.25) is 0 Å². The quantitative estimate of drug-likeness (QED) is 0.739. The summed E-state index contributed by atoms with van der Waals surface area (Å²) in [6.45, 7) is 8.57. The Balaban J connectivity index is 2.71. The minimum absolute atomic E-state index is 0.107. The zero-order chi connectivity index (χ0) is 14.7. The molecule has 5 nitrogen and oxygen atoms in total. The van der Waals surface area contributed by atoms with E-state index in [0.29, 0.717) is 26.0 Å². The first-order valence-electron chi connectivity index (χ1n) is 6.80. The van der Waals surface area contributed by atoms with Crippen LogP contribution in [0.25, 0.3) is 0 Å². The largest absolute Gasteiger partial charge is 0.466 e. The minimum atomic E-state index is -3.30. The Morgan fingerprint density at radius 3 is 2.53 bits per heavy atom. The van der Waals surface area contributed by atoms with Gasteiger partial charge in [0.05, 0.1) is 18.3 Å². The van der Waals surface area contributed by atoms with Crippen LogP contribution in [0.1, 0.15) is 40.5 Å². The summed E-state index contributed by atoms with van der Waals surface area (Å²) in [5.41, 5.74) is -0.282. The fraction of sp³-hybridized carbons (Fsp3) is 0.923. The van der Waals surface area contributed by atoms with Crippen molar-refractivity contribution in [1.29, 1.82) is 0 Å². The van der Waals surface area contributed by atoms with Gasteiger partial charge in [-0.15, -0.1) is 0 Å². The Labute approximate surface area is 116 Å². The molecule has 0 aromatic carbocycles. The van der Waals surface area contributed by atoms with Crippen LogP contribution in [0.5, 0.6) is 0 Å². The molecule has 1 fully saturated rings. The molecule has 1 aliphatic rings. The fourth-order valence-electron chi connectivity index (χ4n) is 2.29. The molecule has 0 saturated carbocycles. The summed E-state index contributed by atoms with van der Waals surface area (Å²) < 4.78 is 31.0. The smallest absolute Gasteiger partial charge is 0.310 e. The van der Waals surface area contributed by atoms with Crippen LogP contribution in [0.3, 0.4) is 0 Å². The predicted octanol–water partition coefficient (Wildman–Crippen LogP) is 1.64. The Bertz CT molecular complexity index is 411. The number of nitrogens with zero attached hydrogens (tertiary/aromatic N) is 1. The van der Waals surface area contributed by atoms with Crippen LogP contribution < -0.4 is 0 Å². The highest BCUT2D eigenvalue weighted by atomic mass is 32.2.